The molecule has 2 aromatic rings. The first-order valence-electron chi connectivity index (χ1n) is 8.18. The van der Waals surface area contributed by atoms with Crippen molar-refractivity contribution < 1.29 is 19.2 Å². The van der Waals surface area contributed by atoms with Crippen LogP contribution >= 0.6 is 11.6 Å². The van der Waals surface area contributed by atoms with Gasteiger partial charge in [0.1, 0.15) is 5.02 Å². The van der Waals surface area contributed by atoms with E-state index >= 15 is 0 Å². The molecule has 2 rings (SSSR count). The maximum atomic E-state index is 12.1. The number of ether oxygens (including phenoxy) is 2. The Kier molecular flexibility index (Phi) is 7.19. The van der Waals surface area contributed by atoms with Crippen LogP contribution in [-0.4, -0.2) is 24.5 Å². The number of amides is 1. The molecule has 2 aromatic carbocycles. The predicted molar refractivity (Wildman–Crippen MR) is 105 cm³/mol. The van der Waals surface area contributed by atoms with Gasteiger partial charge in [-0.05, 0) is 42.3 Å². The van der Waals surface area contributed by atoms with Gasteiger partial charge in [0.2, 0.25) is 5.91 Å². The number of nitrogens with zero attached hydrogens (tertiary/aromatic N) is 1. The number of halogens is 1. The number of benzene rings is 2. The summed E-state index contributed by atoms with van der Waals surface area (Å²) in [7, 11) is 1.54. The SMILES string of the molecule is CCCOc1ccc(C=CC(=O)Nc2ccc(Cl)c([N+](=O)[O-])c2)cc1OC. The first kappa shape index (κ1) is 20.3. The minimum atomic E-state index is -0.609. The molecule has 0 atom stereocenters. The molecule has 0 aromatic heterocycles. The van der Waals surface area contributed by atoms with E-state index in [0.29, 0.717) is 18.1 Å². The summed E-state index contributed by atoms with van der Waals surface area (Å²) in [6, 6.07) is 9.38. The van der Waals surface area contributed by atoms with E-state index in [1.807, 2.05) is 6.92 Å². The number of methoxy groups -OCH3 is 1. The number of hydrogen-bond donors (Lipinski definition) is 1. The number of nitro groups is 1. The van der Waals surface area contributed by atoms with E-state index in [9.17, 15) is 14.9 Å². The van der Waals surface area contributed by atoms with Gasteiger partial charge in [0.15, 0.2) is 11.5 Å². The second-order valence-corrected chi connectivity index (χ2v) is 5.91. The average Bonchev–Trinajstić information content (AvgIpc) is 2.66. The van der Waals surface area contributed by atoms with E-state index in [1.54, 1.807) is 31.4 Å². The van der Waals surface area contributed by atoms with Crippen molar-refractivity contribution in [2.24, 2.45) is 0 Å². The fourth-order valence-corrected chi connectivity index (χ4v) is 2.39. The van der Waals surface area contributed by atoms with E-state index in [0.717, 1.165) is 12.0 Å². The molecule has 0 unspecified atom stereocenters. The van der Waals surface area contributed by atoms with Gasteiger partial charge in [0.05, 0.1) is 18.6 Å². The van der Waals surface area contributed by atoms with Crippen molar-refractivity contribution in [2.45, 2.75) is 13.3 Å². The first-order valence-corrected chi connectivity index (χ1v) is 8.56. The van der Waals surface area contributed by atoms with Crippen LogP contribution < -0.4 is 14.8 Å². The van der Waals surface area contributed by atoms with Gasteiger partial charge in [-0.3, -0.25) is 14.9 Å². The summed E-state index contributed by atoms with van der Waals surface area (Å²) in [5.74, 6) is 0.769. The van der Waals surface area contributed by atoms with Gasteiger partial charge in [0, 0.05) is 17.8 Å². The fraction of sp³-hybridized carbons (Fsp3) is 0.211. The zero-order valence-corrected chi connectivity index (χ0v) is 15.7. The highest BCUT2D eigenvalue weighted by molar-refractivity contribution is 6.32. The second-order valence-electron chi connectivity index (χ2n) is 5.50. The first-order chi connectivity index (χ1) is 12.9. The van der Waals surface area contributed by atoms with Gasteiger partial charge in [-0.15, -0.1) is 0 Å². The van der Waals surface area contributed by atoms with Crippen molar-refractivity contribution in [2.75, 3.05) is 19.0 Å². The van der Waals surface area contributed by atoms with Crippen LogP contribution in [0.2, 0.25) is 5.02 Å². The van der Waals surface area contributed by atoms with Crippen LogP contribution in [0.5, 0.6) is 11.5 Å². The average molecular weight is 391 g/mol. The maximum Gasteiger partial charge on any atom is 0.289 e. The quantitative estimate of drug-likeness (QED) is 0.401. The van der Waals surface area contributed by atoms with Gasteiger partial charge in [-0.25, -0.2) is 0 Å². The lowest BCUT2D eigenvalue weighted by atomic mass is 10.2. The predicted octanol–water partition coefficient (Wildman–Crippen LogP) is 4.70. The normalized spacial score (nSPS) is 10.6. The summed E-state index contributed by atoms with van der Waals surface area (Å²) in [4.78, 5) is 22.3. The Balaban J connectivity index is 2.08. The summed E-state index contributed by atoms with van der Waals surface area (Å²) < 4.78 is 10.9. The minimum absolute atomic E-state index is 0.00557. The summed E-state index contributed by atoms with van der Waals surface area (Å²) in [6.07, 6.45) is 3.81. The lowest BCUT2D eigenvalue weighted by Crippen LogP contribution is -2.08. The van der Waals surface area contributed by atoms with E-state index < -0.39 is 10.8 Å². The molecular weight excluding hydrogens is 372 g/mol. The van der Waals surface area contributed by atoms with Crippen molar-refractivity contribution in [1.29, 1.82) is 0 Å². The number of rotatable bonds is 8. The molecule has 0 saturated carbocycles. The van der Waals surface area contributed by atoms with Crippen LogP contribution in [0.25, 0.3) is 6.08 Å². The zero-order valence-electron chi connectivity index (χ0n) is 14.9. The Morgan fingerprint density at radius 1 is 1.26 bits per heavy atom. The van der Waals surface area contributed by atoms with Crippen molar-refractivity contribution in [3.8, 4) is 11.5 Å². The lowest BCUT2D eigenvalue weighted by Gasteiger charge is -2.10. The molecule has 0 fully saturated rings. The maximum absolute atomic E-state index is 12.1. The number of nitrogens with one attached hydrogen (secondary N) is 1. The topological polar surface area (TPSA) is 90.7 Å². The third kappa shape index (κ3) is 5.72. The Bertz CT molecular complexity index is 867. The molecule has 27 heavy (non-hydrogen) atoms. The summed E-state index contributed by atoms with van der Waals surface area (Å²) in [5, 5.41) is 13.5. The highest BCUT2D eigenvalue weighted by atomic mass is 35.5. The van der Waals surface area contributed by atoms with Crippen LogP contribution in [0.3, 0.4) is 0 Å². The van der Waals surface area contributed by atoms with E-state index in [4.69, 9.17) is 21.1 Å². The highest BCUT2D eigenvalue weighted by Gasteiger charge is 2.13. The molecule has 8 heteroatoms. The molecule has 0 saturated heterocycles. The molecule has 0 bridgehead atoms. The zero-order chi connectivity index (χ0) is 19.8. The fourth-order valence-electron chi connectivity index (χ4n) is 2.21. The Labute approximate surface area is 161 Å². The molecule has 1 amide bonds. The number of carbonyl (C=O) groups excluding carboxylic acids is 1. The van der Waals surface area contributed by atoms with E-state index in [1.165, 1.54) is 24.3 Å². The molecule has 0 radical (unpaired) electrons. The minimum Gasteiger partial charge on any atom is -0.493 e. The van der Waals surface area contributed by atoms with Gasteiger partial charge < -0.3 is 14.8 Å². The Morgan fingerprint density at radius 3 is 2.70 bits per heavy atom. The van der Waals surface area contributed by atoms with Crippen molar-refractivity contribution in [1.82, 2.24) is 0 Å². The number of anilines is 1. The Hall–Kier alpha value is -3.06. The van der Waals surface area contributed by atoms with Crippen LogP contribution in [0.15, 0.2) is 42.5 Å². The molecule has 0 aliphatic carbocycles. The molecule has 1 N–H and O–H groups in total. The third-order valence-corrected chi connectivity index (χ3v) is 3.81. The van der Waals surface area contributed by atoms with Crippen molar-refractivity contribution in [3.05, 3.63) is 63.2 Å². The smallest absolute Gasteiger partial charge is 0.289 e. The molecule has 0 heterocycles. The van der Waals surface area contributed by atoms with Crippen LogP contribution in [0.1, 0.15) is 18.9 Å². The van der Waals surface area contributed by atoms with E-state index in [-0.39, 0.29) is 16.4 Å². The molecule has 142 valence electrons. The number of nitro benzene ring substituents is 1. The number of carbonyl (C=O) groups is 1. The Morgan fingerprint density at radius 2 is 2.04 bits per heavy atom. The molecule has 7 nitrogen and oxygen atoms in total. The lowest BCUT2D eigenvalue weighted by molar-refractivity contribution is -0.384. The molecule has 0 aliphatic rings. The molecule has 0 aliphatic heterocycles. The van der Waals surface area contributed by atoms with Crippen LogP contribution in [-0.2, 0) is 4.79 Å². The molecular formula is C19H19ClN2O5. The van der Waals surface area contributed by atoms with Crippen molar-refractivity contribution in [3.63, 3.8) is 0 Å². The van der Waals surface area contributed by atoms with Crippen molar-refractivity contribution >= 4 is 35.0 Å². The standard InChI is InChI=1S/C19H19ClN2O5/c1-3-10-27-17-8-4-13(11-18(17)26-2)5-9-19(23)21-14-6-7-15(20)16(12-14)22(24)25/h4-9,11-12H,3,10H2,1-2H3,(H,21,23). The highest BCUT2D eigenvalue weighted by Crippen LogP contribution is 2.29. The largest absolute Gasteiger partial charge is 0.493 e. The van der Waals surface area contributed by atoms with Crippen LogP contribution in [0, 0.1) is 10.1 Å². The van der Waals surface area contributed by atoms with E-state index in [2.05, 4.69) is 5.32 Å². The summed E-state index contributed by atoms with van der Waals surface area (Å²) in [5.41, 5.74) is 0.750. The van der Waals surface area contributed by atoms with Gasteiger partial charge in [-0.2, -0.15) is 0 Å². The monoisotopic (exact) mass is 390 g/mol. The summed E-state index contributed by atoms with van der Waals surface area (Å²) in [6.45, 7) is 2.60. The third-order valence-electron chi connectivity index (χ3n) is 3.49. The number of hydrogen-bond acceptors (Lipinski definition) is 5. The summed E-state index contributed by atoms with van der Waals surface area (Å²) >= 11 is 5.75. The van der Waals surface area contributed by atoms with Crippen LogP contribution in [0.4, 0.5) is 11.4 Å². The molecule has 0 spiro atoms. The van der Waals surface area contributed by atoms with Gasteiger partial charge in [0.25, 0.3) is 5.69 Å². The van der Waals surface area contributed by atoms with Gasteiger partial charge in [-0.1, -0.05) is 24.6 Å². The second kappa shape index (κ2) is 9.59. The van der Waals surface area contributed by atoms with Gasteiger partial charge >= 0.3 is 0 Å².